The molecule has 12 heavy (non-hydrogen) atoms. The highest BCUT2D eigenvalue weighted by molar-refractivity contribution is 5.16. The number of hydrogen-bond acceptors (Lipinski definition) is 5. The summed E-state index contributed by atoms with van der Waals surface area (Å²) in [7, 11) is 1.65. The van der Waals surface area contributed by atoms with Gasteiger partial charge in [-0.25, -0.2) is 4.68 Å². The molecule has 4 N–H and O–H groups in total. The van der Waals surface area contributed by atoms with Crippen LogP contribution in [-0.2, 0) is 11.2 Å². The lowest BCUT2D eigenvalue weighted by atomic mass is 10.3. The molecule has 6 nitrogen and oxygen atoms in total. The van der Waals surface area contributed by atoms with E-state index in [0.717, 1.165) is 12.8 Å². The van der Waals surface area contributed by atoms with Crippen molar-refractivity contribution >= 4 is 5.95 Å². The van der Waals surface area contributed by atoms with Crippen molar-refractivity contribution in [1.29, 1.82) is 0 Å². The molecule has 0 bridgehead atoms. The summed E-state index contributed by atoms with van der Waals surface area (Å²) in [6.07, 6.45) is 1.60. The molecule has 0 amide bonds. The molecule has 0 aromatic carbocycles. The van der Waals surface area contributed by atoms with E-state index in [1.165, 1.54) is 4.68 Å². The van der Waals surface area contributed by atoms with Crippen LogP contribution in [0.3, 0.4) is 0 Å². The van der Waals surface area contributed by atoms with Gasteiger partial charge in [0.2, 0.25) is 5.95 Å². The molecule has 0 aliphatic rings. The number of ether oxygens (including phenoxy) is 1. The Balaban J connectivity index is 2.46. The normalized spacial score (nSPS) is 10.4. The number of methoxy groups -OCH3 is 1. The minimum atomic E-state index is 0.238. The van der Waals surface area contributed by atoms with Crippen LogP contribution in [-0.4, -0.2) is 28.6 Å². The Morgan fingerprint density at radius 3 is 2.75 bits per heavy atom. The second kappa shape index (κ2) is 3.91. The fraction of sp³-hybridized carbons (Fsp3) is 0.667. The SMILES string of the molecule is COCCCc1nnc(N)n1N. The highest BCUT2D eigenvalue weighted by Gasteiger charge is 2.04. The van der Waals surface area contributed by atoms with E-state index in [2.05, 4.69) is 10.2 Å². The summed E-state index contributed by atoms with van der Waals surface area (Å²) >= 11 is 0. The Hall–Kier alpha value is -1.30. The van der Waals surface area contributed by atoms with Gasteiger partial charge < -0.3 is 16.3 Å². The quantitative estimate of drug-likeness (QED) is 0.455. The van der Waals surface area contributed by atoms with Gasteiger partial charge in [-0.1, -0.05) is 0 Å². The summed E-state index contributed by atoms with van der Waals surface area (Å²) < 4.78 is 6.17. The van der Waals surface area contributed by atoms with Crippen molar-refractivity contribution < 1.29 is 4.74 Å². The number of anilines is 1. The molecule has 0 spiro atoms. The van der Waals surface area contributed by atoms with Crippen molar-refractivity contribution in [3.05, 3.63) is 5.82 Å². The van der Waals surface area contributed by atoms with Gasteiger partial charge in [0.25, 0.3) is 0 Å². The molecule has 1 aromatic rings. The Morgan fingerprint density at radius 2 is 2.25 bits per heavy atom. The molecular weight excluding hydrogens is 158 g/mol. The van der Waals surface area contributed by atoms with E-state index >= 15 is 0 Å². The van der Waals surface area contributed by atoms with E-state index in [9.17, 15) is 0 Å². The van der Waals surface area contributed by atoms with E-state index in [4.69, 9.17) is 16.3 Å². The Labute approximate surface area is 70.5 Å². The zero-order valence-electron chi connectivity index (χ0n) is 7.03. The summed E-state index contributed by atoms with van der Waals surface area (Å²) in [5, 5.41) is 7.41. The Bertz CT molecular complexity index is 246. The zero-order chi connectivity index (χ0) is 8.97. The van der Waals surface area contributed by atoms with Crippen molar-refractivity contribution in [2.75, 3.05) is 25.3 Å². The average Bonchev–Trinajstić information content (AvgIpc) is 2.36. The van der Waals surface area contributed by atoms with Gasteiger partial charge in [-0.2, -0.15) is 0 Å². The van der Waals surface area contributed by atoms with Gasteiger partial charge in [-0.05, 0) is 6.42 Å². The third-order valence-electron chi connectivity index (χ3n) is 1.54. The van der Waals surface area contributed by atoms with Gasteiger partial charge in [0.15, 0.2) is 5.82 Å². The summed E-state index contributed by atoms with van der Waals surface area (Å²) in [4.78, 5) is 0. The predicted octanol–water partition coefficient (Wildman–Crippen LogP) is -0.847. The number of aryl methyl sites for hydroxylation is 1. The predicted molar refractivity (Wildman–Crippen MR) is 44.8 cm³/mol. The number of nitrogens with zero attached hydrogens (tertiary/aromatic N) is 3. The molecule has 6 heteroatoms. The molecule has 1 heterocycles. The van der Waals surface area contributed by atoms with Crippen LogP contribution in [0.4, 0.5) is 5.95 Å². The maximum atomic E-state index is 5.51. The van der Waals surface area contributed by atoms with E-state index < -0.39 is 0 Å². The first-order valence-corrected chi connectivity index (χ1v) is 3.69. The zero-order valence-corrected chi connectivity index (χ0v) is 7.03. The molecule has 0 unspecified atom stereocenters. The largest absolute Gasteiger partial charge is 0.385 e. The van der Waals surface area contributed by atoms with Crippen molar-refractivity contribution in [2.24, 2.45) is 0 Å². The van der Waals surface area contributed by atoms with Gasteiger partial charge in [-0.3, -0.25) is 0 Å². The van der Waals surface area contributed by atoms with Crippen LogP contribution in [0.1, 0.15) is 12.2 Å². The van der Waals surface area contributed by atoms with Gasteiger partial charge in [0.1, 0.15) is 0 Å². The van der Waals surface area contributed by atoms with Gasteiger partial charge >= 0.3 is 0 Å². The number of aromatic nitrogens is 3. The standard InChI is InChI=1S/C6H13N5O/c1-12-4-2-3-5-9-10-6(7)11(5)8/h2-4,8H2,1H3,(H2,7,10). The van der Waals surface area contributed by atoms with Gasteiger partial charge in [0.05, 0.1) is 0 Å². The van der Waals surface area contributed by atoms with Gasteiger partial charge in [0, 0.05) is 20.1 Å². The van der Waals surface area contributed by atoms with Crippen LogP contribution in [0.2, 0.25) is 0 Å². The molecule has 0 saturated carbocycles. The monoisotopic (exact) mass is 171 g/mol. The Kier molecular flexibility index (Phi) is 2.87. The van der Waals surface area contributed by atoms with Crippen LogP contribution < -0.4 is 11.6 Å². The molecule has 68 valence electrons. The lowest BCUT2D eigenvalue weighted by molar-refractivity contribution is 0.194. The van der Waals surface area contributed by atoms with Crippen LogP contribution in [0.25, 0.3) is 0 Å². The van der Waals surface area contributed by atoms with E-state index in [1.807, 2.05) is 0 Å². The maximum absolute atomic E-state index is 5.51. The summed E-state index contributed by atoms with van der Waals surface area (Å²) in [6.45, 7) is 0.687. The molecule has 0 fully saturated rings. The number of nitrogens with two attached hydrogens (primary N) is 2. The third kappa shape index (κ3) is 1.85. The molecule has 0 radical (unpaired) electrons. The van der Waals surface area contributed by atoms with Gasteiger partial charge in [-0.15, -0.1) is 10.2 Å². The highest BCUT2D eigenvalue weighted by atomic mass is 16.5. The molecule has 0 atom stereocenters. The molecular formula is C6H13N5O. The fourth-order valence-electron chi connectivity index (χ4n) is 0.883. The fourth-order valence-corrected chi connectivity index (χ4v) is 0.883. The maximum Gasteiger partial charge on any atom is 0.240 e. The van der Waals surface area contributed by atoms with Crippen molar-refractivity contribution in [1.82, 2.24) is 14.9 Å². The average molecular weight is 171 g/mol. The summed E-state index contributed by atoms with van der Waals surface area (Å²) in [6, 6.07) is 0. The summed E-state index contributed by atoms with van der Waals surface area (Å²) in [5.41, 5.74) is 5.38. The Morgan fingerprint density at radius 1 is 1.50 bits per heavy atom. The lowest BCUT2D eigenvalue weighted by Gasteiger charge is -1.99. The topological polar surface area (TPSA) is 92.0 Å². The number of hydrogen-bond donors (Lipinski definition) is 2. The van der Waals surface area contributed by atoms with Crippen molar-refractivity contribution in [3.8, 4) is 0 Å². The minimum Gasteiger partial charge on any atom is -0.385 e. The van der Waals surface area contributed by atoms with E-state index in [0.29, 0.717) is 12.4 Å². The van der Waals surface area contributed by atoms with Crippen LogP contribution in [0.15, 0.2) is 0 Å². The smallest absolute Gasteiger partial charge is 0.240 e. The number of rotatable bonds is 4. The molecule has 1 aromatic heterocycles. The summed E-state index contributed by atoms with van der Waals surface area (Å²) in [5.74, 6) is 6.43. The second-order valence-electron chi connectivity index (χ2n) is 2.44. The lowest BCUT2D eigenvalue weighted by Crippen LogP contribution is -2.15. The highest BCUT2D eigenvalue weighted by Crippen LogP contribution is 2.00. The second-order valence-corrected chi connectivity index (χ2v) is 2.44. The molecule has 0 aliphatic heterocycles. The first-order chi connectivity index (χ1) is 5.75. The molecule has 1 rings (SSSR count). The first-order valence-electron chi connectivity index (χ1n) is 3.69. The molecule has 0 aliphatic carbocycles. The minimum absolute atomic E-state index is 0.238. The third-order valence-corrected chi connectivity index (χ3v) is 1.54. The molecule has 0 saturated heterocycles. The van der Waals surface area contributed by atoms with Crippen LogP contribution in [0.5, 0.6) is 0 Å². The number of nitrogen functional groups attached to an aromatic ring is 2. The van der Waals surface area contributed by atoms with Crippen LogP contribution in [0, 0.1) is 0 Å². The van der Waals surface area contributed by atoms with E-state index in [-0.39, 0.29) is 5.95 Å². The van der Waals surface area contributed by atoms with Crippen molar-refractivity contribution in [2.45, 2.75) is 12.8 Å². The van der Waals surface area contributed by atoms with Crippen molar-refractivity contribution in [3.63, 3.8) is 0 Å². The van der Waals surface area contributed by atoms with Crippen LogP contribution >= 0.6 is 0 Å². The van der Waals surface area contributed by atoms with E-state index in [1.54, 1.807) is 7.11 Å². The first kappa shape index (κ1) is 8.79.